The van der Waals surface area contributed by atoms with Gasteiger partial charge in [0.1, 0.15) is 5.82 Å². The largest absolute Gasteiger partial charge is 0.397 e. The monoisotopic (exact) mass is 270 g/mol. The lowest BCUT2D eigenvalue weighted by Crippen LogP contribution is -2.16. The number of rotatable bonds is 2. The van der Waals surface area contributed by atoms with Crippen LogP contribution in [0.25, 0.3) is 0 Å². The van der Waals surface area contributed by atoms with E-state index in [1.54, 1.807) is 6.07 Å². The first kappa shape index (κ1) is 10.5. The van der Waals surface area contributed by atoms with Gasteiger partial charge in [-0.1, -0.05) is 12.2 Å². The number of hydrogen-bond donors (Lipinski definition) is 2. The second-order valence-corrected chi connectivity index (χ2v) is 4.49. The molecular formula is C11H12BrFN2. The fourth-order valence-electron chi connectivity index (χ4n) is 1.64. The maximum absolute atomic E-state index is 13.3. The molecule has 3 N–H and O–H groups in total. The van der Waals surface area contributed by atoms with Crippen LogP contribution in [0.1, 0.15) is 12.8 Å². The van der Waals surface area contributed by atoms with E-state index in [0.717, 1.165) is 12.8 Å². The number of nitrogens with one attached hydrogen (secondary N) is 1. The van der Waals surface area contributed by atoms with Crippen molar-refractivity contribution in [1.29, 1.82) is 0 Å². The fraction of sp³-hybridized carbons (Fsp3) is 0.273. The molecule has 0 amide bonds. The number of nitrogen functional groups attached to an aromatic ring is 1. The van der Waals surface area contributed by atoms with Crippen LogP contribution in [0, 0.1) is 5.82 Å². The smallest absolute Gasteiger partial charge is 0.139 e. The van der Waals surface area contributed by atoms with Gasteiger partial charge in [0.2, 0.25) is 0 Å². The van der Waals surface area contributed by atoms with Crippen molar-refractivity contribution >= 4 is 27.3 Å². The highest BCUT2D eigenvalue weighted by atomic mass is 79.9. The molecule has 4 heteroatoms. The summed E-state index contributed by atoms with van der Waals surface area (Å²) < 4.78 is 13.7. The van der Waals surface area contributed by atoms with E-state index in [9.17, 15) is 4.39 Å². The van der Waals surface area contributed by atoms with Gasteiger partial charge in [-0.3, -0.25) is 0 Å². The molecule has 0 saturated carbocycles. The first-order chi connectivity index (χ1) is 7.16. The summed E-state index contributed by atoms with van der Waals surface area (Å²) in [5.74, 6) is -0.294. The van der Waals surface area contributed by atoms with Crippen molar-refractivity contribution in [2.45, 2.75) is 18.9 Å². The van der Waals surface area contributed by atoms with Gasteiger partial charge in [0.05, 0.1) is 15.8 Å². The average molecular weight is 271 g/mol. The molecule has 0 heterocycles. The molecule has 2 nitrogen and oxygen atoms in total. The average Bonchev–Trinajstić information content (AvgIpc) is 2.67. The standard InChI is InChI=1S/C11H12BrFN2/c12-8-5-10(14)11(6-9(8)13)15-7-3-1-2-4-7/h1-2,5-7,15H,3-4,14H2. The maximum atomic E-state index is 13.3. The quantitative estimate of drug-likeness (QED) is 0.639. The molecule has 0 unspecified atom stereocenters. The Hall–Kier alpha value is -1.03. The zero-order valence-corrected chi connectivity index (χ0v) is 9.72. The molecule has 0 atom stereocenters. The van der Waals surface area contributed by atoms with E-state index in [1.165, 1.54) is 6.07 Å². The molecule has 15 heavy (non-hydrogen) atoms. The summed E-state index contributed by atoms with van der Waals surface area (Å²) in [5, 5.41) is 3.23. The number of anilines is 2. The third kappa shape index (κ3) is 2.31. The van der Waals surface area contributed by atoms with Crippen molar-refractivity contribution in [3.8, 4) is 0 Å². The molecule has 2 rings (SSSR count). The van der Waals surface area contributed by atoms with Crippen molar-refractivity contribution in [3.05, 3.63) is 34.6 Å². The highest BCUT2D eigenvalue weighted by Gasteiger charge is 2.12. The van der Waals surface area contributed by atoms with Gasteiger partial charge >= 0.3 is 0 Å². The van der Waals surface area contributed by atoms with E-state index >= 15 is 0 Å². The first-order valence-electron chi connectivity index (χ1n) is 4.83. The Balaban J connectivity index is 2.17. The normalized spacial score (nSPS) is 15.9. The molecule has 1 aliphatic rings. The molecule has 80 valence electrons. The summed E-state index contributed by atoms with van der Waals surface area (Å²) in [6, 6.07) is 3.35. The Kier molecular flexibility index (Phi) is 2.95. The Morgan fingerprint density at radius 1 is 1.33 bits per heavy atom. The highest BCUT2D eigenvalue weighted by Crippen LogP contribution is 2.28. The minimum absolute atomic E-state index is 0.294. The molecule has 1 aliphatic carbocycles. The Labute approximate surface area is 96.5 Å². The molecule has 0 radical (unpaired) electrons. The van der Waals surface area contributed by atoms with Gasteiger partial charge in [0, 0.05) is 12.1 Å². The van der Waals surface area contributed by atoms with Crippen molar-refractivity contribution in [2.75, 3.05) is 11.1 Å². The molecule has 0 aliphatic heterocycles. The van der Waals surface area contributed by atoms with E-state index in [0.29, 0.717) is 21.9 Å². The second kappa shape index (κ2) is 4.23. The van der Waals surface area contributed by atoms with Crippen LogP contribution in [0.3, 0.4) is 0 Å². The van der Waals surface area contributed by atoms with Gasteiger partial charge in [0.15, 0.2) is 0 Å². The third-order valence-electron chi connectivity index (χ3n) is 2.46. The van der Waals surface area contributed by atoms with Gasteiger partial charge in [-0.05, 0) is 34.8 Å². The molecule has 0 bridgehead atoms. The van der Waals surface area contributed by atoms with Crippen LogP contribution < -0.4 is 11.1 Å². The number of nitrogens with two attached hydrogens (primary N) is 1. The minimum atomic E-state index is -0.294. The van der Waals surface area contributed by atoms with Crippen LogP contribution in [0.5, 0.6) is 0 Å². The van der Waals surface area contributed by atoms with Crippen LogP contribution in [-0.2, 0) is 0 Å². The van der Waals surface area contributed by atoms with Crippen LogP contribution in [0.2, 0.25) is 0 Å². The van der Waals surface area contributed by atoms with Crippen LogP contribution >= 0.6 is 15.9 Å². The van der Waals surface area contributed by atoms with Gasteiger partial charge < -0.3 is 11.1 Å². The van der Waals surface area contributed by atoms with Crippen LogP contribution in [-0.4, -0.2) is 6.04 Å². The Morgan fingerprint density at radius 3 is 2.67 bits per heavy atom. The van der Waals surface area contributed by atoms with Crippen molar-refractivity contribution in [2.24, 2.45) is 0 Å². The molecule has 1 aromatic carbocycles. The highest BCUT2D eigenvalue weighted by molar-refractivity contribution is 9.10. The molecule has 0 fully saturated rings. The lowest BCUT2D eigenvalue weighted by atomic mass is 10.2. The van der Waals surface area contributed by atoms with Crippen LogP contribution in [0.15, 0.2) is 28.8 Å². The van der Waals surface area contributed by atoms with E-state index < -0.39 is 0 Å². The summed E-state index contributed by atoms with van der Waals surface area (Å²) in [6.07, 6.45) is 6.17. The first-order valence-corrected chi connectivity index (χ1v) is 5.62. The van der Waals surface area contributed by atoms with Gasteiger partial charge in [-0.2, -0.15) is 0 Å². The lowest BCUT2D eigenvalue weighted by Gasteiger charge is -2.15. The molecular weight excluding hydrogens is 259 g/mol. The zero-order valence-electron chi connectivity index (χ0n) is 8.13. The fourth-order valence-corrected chi connectivity index (χ4v) is 2.00. The Bertz CT molecular complexity index is 396. The number of halogens is 2. The summed E-state index contributed by atoms with van der Waals surface area (Å²) >= 11 is 3.10. The zero-order chi connectivity index (χ0) is 10.8. The predicted octanol–water partition coefficient (Wildman–Crippen LogP) is 3.30. The third-order valence-corrected chi connectivity index (χ3v) is 3.07. The van der Waals surface area contributed by atoms with E-state index in [1.807, 2.05) is 0 Å². The summed E-state index contributed by atoms with van der Waals surface area (Å²) in [4.78, 5) is 0. The van der Waals surface area contributed by atoms with E-state index in [2.05, 4.69) is 33.4 Å². The van der Waals surface area contributed by atoms with Gasteiger partial charge in [-0.15, -0.1) is 0 Å². The maximum Gasteiger partial charge on any atom is 0.139 e. The number of hydrogen-bond acceptors (Lipinski definition) is 2. The molecule has 1 aromatic rings. The SMILES string of the molecule is Nc1cc(Br)c(F)cc1NC1CC=CC1. The predicted molar refractivity (Wildman–Crippen MR) is 64.3 cm³/mol. The van der Waals surface area contributed by atoms with Crippen LogP contribution in [0.4, 0.5) is 15.8 Å². The summed E-state index contributed by atoms with van der Waals surface area (Å²) in [5.41, 5.74) is 7.02. The van der Waals surface area contributed by atoms with Crippen molar-refractivity contribution < 1.29 is 4.39 Å². The summed E-state index contributed by atoms with van der Waals surface area (Å²) in [6.45, 7) is 0. The van der Waals surface area contributed by atoms with Crippen molar-refractivity contribution in [1.82, 2.24) is 0 Å². The minimum Gasteiger partial charge on any atom is -0.397 e. The lowest BCUT2D eigenvalue weighted by molar-refractivity contribution is 0.621. The van der Waals surface area contributed by atoms with Gasteiger partial charge in [0.25, 0.3) is 0 Å². The summed E-state index contributed by atoms with van der Waals surface area (Å²) in [7, 11) is 0. The van der Waals surface area contributed by atoms with E-state index in [-0.39, 0.29) is 5.82 Å². The topological polar surface area (TPSA) is 38.0 Å². The molecule has 0 aromatic heterocycles. The molecule has 0 spiro atoms. The number of benzene rings is 1. The van der Waals surface area contributed by atoms with Crippen molar-refractivity contribution in [3.63, 3.8) is 0 Å². The van der Waals surface area contributed by atoms with Gasteiger partial charge in [-0.25, -0.2) is 4.39 Å². The molecule has 0 saturated heterocycles. The Morgan fingerprint density at radius 2 is 2.00 bits per heavy atom. The van der Waals surface area contributed by atoms with E-state index in [4.69, 9.17) is 5.73 Å². The second-order valence-electron chi connectivity index (χ2n) is 3.64.